The molecule has 1 heteroatoms. The number of nitrogens with one attached hydrogen (secondary N) is 1. The van der Waals surface area contributed by atoms with Crippen molar-refractivity contribution in [2.24, 2.45) is 0 Å². The van der Waals surface area contributed by atoms with E-state index in [-0.39, 0.29) is 0 Å². The molecule has 1 nitrogen and oxygen atoms in total. The summed E-state index contributed by atoms with van der Waals surface area (Å²) in [7, 11) is 0. The smallest absolute Gasteiger partial charge is 0.0352 e. The van der Waals surface area contributed by atoms with E-state index >= 15 is 0 Å². The minimum absolute atomic E-state index is 0.906. The van der Waals surface area contributed by atoms with Crippen molar-refractivity contribution < 1.29 is 0 Å². The Bertz CT molecular complexity index is 358. The van der Waals surface area contributed by atoms with Crippen LogP contribution in [0.15, 0.2) is 36.4 Å². The summed E-state index contributed by atoms with van der Waals surface area (Å²) in [5.74, 6) is 2.61. The largest absolute Gasteiger partial charge is 0.385 e. The van der Waals surface area contributed by atoms with Crippen LogP contribution in [0.5, 0.6) is 0 Å². The third-order valence-corrected chi connectivity index (χ3v) is 1.91. The van der Waals surface area contributed by atoms with Crippen molar-refractivity contribution in [3.63, 3.8) is 0 Å². The molecule has 0 heterocycles. The summed E-state index contributed by atoms with van der Waals surface area (Å²) >= 11 is 0. The SMILES string of the molecule is C#Cc1cccc(NCCC(=C)C)c1. The van der Waals surface area contributed by atoms with Crippen molar-refractivity contribution >= 4 is 5.69 Å². The Hall–Kier alpha value is -1.68. The van der Waals surface area contributed by atoms with Gasteiger partial charge in [0.25, 0.3) is 0 Å². The standard InChI is InChI=1S/C13H15N/c1-4-12-6-5-7-13(10-12)14-9-8-11(2)3/h1,5-7,10,14H,2,8-9H2,3H3. The van der Waals surface area contributed by atoms with E-state index in [9.17, 15) is 0 Å². The van der Waals surface area contributed by atoms with Gasteiger partial charge in [-0.05, 0) is 31.5 Å². The molecule has 1 rings (SSSR count). The van der Waals surface area contributed by atoms with E-state index in [0.29, 0.717) is 0 Å². The highest BCUT2D eigenvalue weighted by Crippen LogP contribution is 2.09. The molecule has 0 fully saturated rings. The number of hydrogen-bond donors (Lipinski definition) is 1. The van der Waals surface area contributed by atoms with E-state index in [4.69, 9.17) is 6.42 Å². The fourth-order valence-corrected chi connectivity index (χ4v) is 1.14. The van der Waals surface area contributed by atoms with E-state index in [1.54, 1.807) is 0 Å². The Morgan fingerprint density at radius 3 is 3.00 bits per heavy atom. The van der Waals surface area contributed by atoms with Crippen molar-refractivity contribution in [1.29, 1.82) is 0 Å². The van der Waals surface area contributed by atoms with Crippen LogP contribution in [-0.4, -0.2) is 6.54 Å². The van der Waals surface area contributed by atoms with E-state index < -0.39 is 0 Å². The third kappa shape index (κ3) is 3.37. The quantitative estimate of drug-likeness (QED) is 0.561. The summed E-state index contributed by atoms with van der Waals surface area (Å²) in [6.45, 7) is 6.78. The van der Waals surface area contributed by atoms with Gasteiger partial charge in [-0.25, -0.2) is 0 Å². The lowest BCUT2D eigenvalue weighted by atomic mass is 10.2. The van der Waals surface area contributed by atoms with Gasteiger partial charge < -0.3 is 5.32 Å². The highest BCUT2D eigenvalue weighted by Gasteiger charge is 1.92. The Labute approximate surface area is 85.8 Å². The molecule has 0 aliphatic heterocycles. The lowest BCUT2D eigenvalue weighted by Gasteiger charge is -2.06. The molecule has 0 unspecified atom stereocenters. The average molecular weight is 185 g/mol. The average Bonchev–Trinajstić information content (AvgIpc) is 2.18. The second-order valence-electron chi connectivity index (χ2n) is 3.36. The molecule has 72 valence electrons. The first-order chi connectivity index (χ1) is 6.72. The molecule has 1 aromatic rings. The van der Waals surface area contributed by atoms with Gasteiger partial charge in [0.15, 0.2) is 0 Å². The van der Waals surface area contributed by atoms with Crippen LogP contribution in [0.1, 0.15) is 18.9 Å². The zero-order chi connectivity index (χ0) is 10.4. The maximum Gasteiger partial charge on any atom is 0.0352 e. The lowest BCUT2D eigenvalue weighted by molar-refractivity contribution is 1.00. The summed E-state index contributed by atoms with van der Waals surface area (Å²) < 4.78 is 0. The third-order valence-electron chi connectivity index (χ3n) is 1.91. The first kappa shape index (κ1) is 10.4. The van der Waals surface area contributed by atoms with Crippen LogP contribution in [0.4, 0.5) is 5.69 Å². The molecule has 0 atom stereocenters. The van der Waals surface area contributed by atoms with Gasteiger partial charge in [-0.2, -0.15) is 0 Å². The first-order valence-electron chi connectivity index (χ1n) is 4.67. The number of terminal acetylenes is 1. The lowest BCUT2D eigenvalue weighted by Crippen LogP contribution is -2.01. The van der Waals surface area contributed by atoms with Gasteiger partial charge in [0.2, 0.25) is 0 Å². The van der Waals surface area contributed by atoms with E-state index in [0.717, 1.165) is 24.2 Å². The maximum atomic E-state index is 5.30. The van der Waals surface area contributed by atoms with Gasteiger partial charge >= 0.3 is 0 Å². The van der Waals surface area contributed by atoms with Gasteiger partial charge in [0, 0.05) is 17.8 Å². The summed E-state index contributed by atoms with van der Waals surface area (Å²) in [4.78, 5) is 0. The van der Waals surface area contributed by atoms with Gasteiger partial charge in [-0.1, -0.05) is 17.6 Å². The maximum absolute atomic E-state index is 5.30. The zero-order valence-corrected chi connectivity index (χ0v) is 8.51. The molecular weight excluding hydrogens is 170 g/mol. The zero-order valence-electron chi connectivity index (χ0n) is 8.51. The van der Waals surface area contributed by atoms with Crippen LogP contribution in [0.25, 0.3) is 0 Å². The molecule has 0 amide bonds. The van der Waals surface area contributed by atoms with Crippen LogP contribution in [0.2, 0.25) is 0 Å². The van der Waals surface area contributed by atoms with Crippen LogP contribution >= 0.6 is 0 Å². The predicted octanol–water partition coefficient (Wildman–Crippen LogP) is 3.05. The van der Waals surface area contributed by atoms with E-state index in [2.05, 4.69) is 17.8 Å². The Morgan fingerprint density at radius 2 is 2.36 bits per heavy atom. The molecule has 0 aliphatic carbocycles. The number of rotatable bonds is 4. The van der Waals surface area contributed by atoms with Gasteiger partial charge in [-0.15, -0.1) is 13.0 Å². The highest BCUT2D eigenvalue weighted by atomic mass is 14.9. The number of hydrogen-bond acceptors (Lipinski definition) is 1. The minimum atomic E-state index is 0.906. The van der Waals surface area contributed by atoms with Crippen molar-refractivity contribution in [2.45, 2.75) is 13.3 Å². The van der Waals surface area contributed by atoms with E-state index in [1.165, 1.54) is 5.57 Å². The molecular formula is C13H15N. The van der Waals surface area contributed by atoms with Crippen molar-refractivity contribution in [3.05, 3.63) is 42.0 Å². The normalized spacial score (nSPS) is 9.14. The summed E-state index contributed by atoms with van der Waals surface area (Å²) in [6.07, 6.45) is 6.29. The molecule has 0 spiro atoms. The Kier molecular flexibility index (Phi) is 3.82. The molecule has 1 aromatic carbocycles. The van der Waals surface area contributed by atoms with Crippen LogP contribution < -0.4 is 5.32 Å². The van der Waals surface area contributed by atoms with Gasteiger partial charge in [0.05, 0.1) is 0 Å². The summed E-state index contributed by atoms with van der Waals surface area (Å²) in [6, 6.07) is 7.86. The Balaban J connectivity index is 2.51. The second-order valence-corrected chi connectivity index (χ2v) is 3.36. The molecule has 0 saturated carbocycles. The van der Waals surface area contributed by atoms with Gasteiger partial charge in [-0.3, -0.25) is 0 Å². The molecule has 14 heavy (non-hydrogen) atoms. The highest BCUT2D eigenvalue weighted by molar-refractivity contribution is 5.49. The van der Waals surface area contributed by atoms with Crippen molar-refractivity contribution in [1.82, 2.24) is 0 Å². The second kappa shape index (κ2) is 5.14. The summed E-state index contributed by atoms with van der Waals surface area (Å²) in [5.41, 5.74) is 3.16. The fourth-order valence-electron chi connectivity index (χ4n) is 1.14. The molecule has 1 N–H and O–H groups in total. The predicted molar refractivity (Wildman–Crippen MR) is 62.3 cm³/mol. The van der Waals surface area contributed by atoms with Crippen LogP contribution in [-0.2, 0) is 0 Å². The topological polar surface area (TPSA) is 12.0 Å². The number of anilines is 1. The number of benzene rings is 1. The summed E-state index contributed by atoms with van der Waals surface area (Å²) in [5, 5.41) is 3.29. The minimum Gasteiger partial charge on any atom is -0.385 e. The molecule has 0 aromatic heterocycles. The molecule has 0 bridgehead atoms. The first-order valence-corrected chi connectivity index (χ1v) is 4.67. The monoisotopic (exact) mass is 185 g/mol. The molecule has 0 aliphatic rings. The molecule has 0 saturated heterocycles. The van der Waals surface area contributed by atoms with Gasteiger partial charge in [0.1, 0.15) is 0 Å². The van der Waals surface area contributed by atoms with E-state index in [1.807, 2.05) is 31.2 Å². The Morgan fingerprint density at radius 1 is 1.57 bits per heavy atom. The van der Waals surface area contributed by atoms with Crippen LogP contribution in [0.3, 0.4) is 0 Å². The van der Waals surface area contributed by atoms with Crippen molar-refractivity contribution in [3.8, 4) is 12.3 Å². The van der Waals surface area contributed by atoms with Crippen LogP contribution in [0, 0.1) is 12.3 Å². The molecule has 0 radical (unpaired) electrons. The fraction of sp³-hybridized carbons (Fsp3) is 0.231. The van der Waals surface area contributed by atoms with Crippen molar-refractivity contribution in [2.75, 3.05) is 11.9 Å².